The number of hydrogen-bond donors (Lipinski definition) is 1. The van der Waals surface area contributed by atoms with Gasteiger partial charge in [0.1, 0.15) is 11.3 Å². The van der Waals surface area contributed by atoms with Gasteiger partial charge in [-0.15, -0.1) is 23.8 Å². The fraction of sp³-hybridized carbons (Fsp3) is 0.214. The van der Waals surface area contributed by atoms with E-state index in [0.717, 1.165) is 22.4 Å². The quantitative estimate of drug-likeness (QED) is 0.266. The van der Waals surface area contributed by atoms with Crippen molar-refractivity contribution in [3.63, 3.8) is 0 Å². The number of phenolic OH excluding ortho intramolecular Hbond substituents is 1. The van der Waals surface area contributed by atoms with Crippen molar-refractivity contribution >= 4 is 27.7 Å². The van der Waals surface area contributed by atoms with E-state index in [1.807, 2.05) is 42.1 Å². The fourth-order valence-electron chi connectivity index (χ4n) is 4.98. The van der Waals surface area contributed by atoms with Gasteiger partial charge in [-0.25, -0.2) is 4.98 Å². The van der Waals surface area contributed by atoms with Crippen LogP contribution in [-0.2, 0) is 32.9 Å². The molecule has 2 atom stereocenters. The number of ether oxygens (including phenoxy) is 1. The molecule has 1 aromatic heterocycles. The van der Waals surface area contributed by atoms with E-state index in [0.29, 0.717) is 22.4 Å². The van der Waals surface area contributed by atoms with Crippen LogP contribution in [0.15, 0.2) is 77.8 Å². The van der Waals surface area contributed by atoms with Gasteiger partial charge in [-0.2, -0.15) is 11.8 Å². The van der Waals surface area contributed by atoms with Crippen LogP contribution in [0.3, 0.4) is 0 Å². The smallest absolute Gasteiger partial charge is 0.217 e. The first-order valence-corrected chi connectivity index (χ1v) is 12.0. The first-order chi connectivity index (χ1) is 16.0. The molecule has 1 aliphatic carbocycles. The number of para-hydroxylation sites is 1. The second-order valence-corrected chi connectivity index (χ2v) is 10.4. The zero-order valence-electron chi connectivity index (χ0n) is 18.8. The average molecular weight is 647 g/mol. The number of rotatable bonds is 3. The van der Waals surface area contributed by atoms with Crippen molar-refractivity contribution in [2.45, 2.75) is 37.0 Å². The van der Waals surface area contributed by atoms with E-state index in [4.69, 9.17) is 9.73 Å². The Morgan fingerprint density at radius 3 is 2.71 bits per heavy atom. The molecule has 0 unspecified atom stereocenters. The predicted octanol–water partition coefficient (Wildman–Crippen LogP) is 6.29. The van der Waals surface area contributed by atoms with Crippen LogP contribution in [0.5, 0.6) is 17.4 Å². The van der Waals surface area contributed by atoms with Gasteiger partial charge in [0, 0.05) is 54.0 Å². The van der Waals surface area contributed by atoms with Gasteiger partial charge in [-0.05, 0) is 29.7 Å². The van der Waals surface area contributed by atoms with Crippen molar-refractivity contribution in [1.82, 2.24) is 4.98 Å². The van der Waals surface area contributed by atoms with Gasteiger partial charge in [0.25, 0.3) is 0 Å². The van der Waals surface area contributed by atoms with Gasteiger partial charge in [0.05, 0.1) is 6.04 Å². The molecule has 2 aliphatic rings. The molecule has 174 valence electrons. The minimum atomic E-state index is -0.0145. The number of nitrogens with zero attached hydrogens (tertiary/aromatic N) is 2. The molecule has 0 amide bonds. The predicted molar refractivity (Wildman–Crippen MR) is 134 cm³/mol. The van der Waals surface area contributed by atoms with Gasteiger partial charge >= 0.3 is 0 Å². The Bertz CT molecular complexity index is 1420. The van der Waals surface area contributed by atoms with Crippen LogP contribution in [0.1, 0.15) is 30.5 Å². The number of aliphatic imine (C=N–C) groups is 1. The van der Waals surface area contributed by atoms with Gasteiger partial charge in [-0.1, -0.05) is 56.3 Å². The Morgan fingerprint density at radius 1 is 1.00 bits per heavy atom. The van der Waals surface area contributed by atoms with Crippen LogP contribution in [0.25, 0.3) is 10.9 Å². The summed E-state index contributed by atoms with van der Waals surface area (Å²) in [5.41, 5.74) is 4.28. The van der Waals surface area contributed by atoms with E-state index in [9.17, 15) is 5.11 Å². The molecular weight excluding hydrogens is 623 g/mol. The van der Waals surface area contributed by atoms with E-state index in [1.165, 1.54) is 11.1 Å². The molecule has 6 heteroatoms. The minimum absolute atomic E-state index is 0. The normalized spacial score (nSPS) is 20.1. The van der Waals surface area contributed by atoms with Gasteiger partial charge in [-0.3, -0.25) is 0 Å². The summed E-state index contributed by atoms with van der Waals surface area (Å²) in [6.07, 6.45) is 1.03. The molecule has 0 spiro atoms. The first-order valence-electron chi connectivity index (χ1n) is 11.1. The molecule has 0 radical (unpaired) electrons. The third kappa shape index (κ3) is 3.95. The third-order valence-electron chi connectivity index (χ3n) is 6.63. The second kappa shape index (κ2) is 8.87. The summed E-state index contributed by atoms with van der Waals surface area (Å²) >= 11 is 1.85. The van der Waals surface area contributed by atoms with Crippen molar-refractivity contribution < 1.29 is 30.9 Å². The number of aromatic hydroxyl groups is 1. The van der Waals surface area contributed by atoms with Crippen LogP contribution < -0.4 is 4.74 Å². The maximum atomic E-state index is 10.1. The Hall–Kier alpha value is -2.62. The van der Waals surface area contributed by atoms with Crippen molar-refractivity contribution in [3.8, 4) is 17.4 Å². The van der Waals surface area contributed by atoms with Crippen molar-refractivity contribution in [1.29, 1.82) is 0 Å². The topological polar surface area (TPSA) is 54.7 Å². The molecule has 4 aromatic rings. The summed E-state index contributed by atoms with van der Waals surface area (Å²) in [6, 6.07) is 27.3. The number of aromatic nitrogens is 1. The summed E-state index contributed by atoms with van der Waals surface area (Å²) in [6.45, 7) is 4.61. The number of phenols is 1. The molecule has 0 fully saturated rings. The molecule has 0 saturated heterocycles. The number of pyridine rings is 1. The van der Waals surface area contributed by atoms with Crippen LogP contribution in [-0.4, -0.2) is 26.4 Å². The van der Waals surface area contributed by atoms with E-state index >= 15 is 0 Å². The largest absolute Gasteiger partial charge is 0.506 e. The molecule has 34 heavy (non-hydrogen) atoms. The summed E-state index contributed by atoms with van der Waals surface area (Å²) in [5, 5.41) is 12.4. The maximum Gasteiger partial charge on any atom is 0.217 e. The van der Waals surface area contributed by atoms with Gasteiger partial charge in [0.2, 0.25) is 5.88 Å². The monoisotopic (exact) mass is 646 g/mol. The van der Waals surface area contributed by atoms with Gasteiger partial charge < -0.3 is 14.8 Å². The zero-order valence-corrected chi connectivity index (χ0v) is 21.9. The molecule has 0 saturated carbocycles. The number of hydrogen-bond acceptors (Lipinski definition) is 5. The van der Waals surface area contributed by atoms with Crippen molar-refractivity contribution in [2.75, 3.05) is 0 Å². The Morgan fingerprint density at radius 2 is 1.82 bits per heavy atom. The summed E-state index contributed by atoms with van der Waals surface area (Å²) in [4.78, 5) is 9.65. The number of fused-ring (bicyclic) bond motifs is 3. The maximum absolute atomic E-state index is 10.1. The second-order valence-electron chi connectivity index (χ2n) is 9.15. The van der Waals surface area contributed by atoms with Crippen LogP contribution in [0.2, 0.25) is 0 Å². The molecule has 0 bridgehead atoms. The first kappa shape index (κ1) is 23.1. The summed E-state index contributed by atoms with van der Waals surface area (Å²) in [5.74, 6) is 1.14. The van der Waals surface area contributed by atoms with Crippen LogP contribution >= 0.6 is 11.8 Å². The van der Waals surface area contributed by atoms with Gasteiger partial charge in [0.15, 0.2) is 0 Å². The number of benzene rings is 3. The Kier molecular flexibility index (Phi) is 6.03. The zero-order chi connectivity index (χ0) is 22.6. The average Bonchev–Trinajstić information content (AvgIpc) is 3.25. The molecule has 1 aliphatic heterocycles. The fourth-order valence-corrected chi connectivity index (χ4v) is 6.48. The Balaban J connectivity index is 0.00000241. The molecular formula is C28H23N2O2PtS-. The molecule has 1 N–H and O–H groups in total. The van der Waals surface area contributed by atoms with E-state index in [2.05, 4.69) is 49.2 Å². The van der Waals surface area contributed by atoms with Crippen LogP contribution in [0.4, 0.5) is 0 Å². The Labute approximate surface area is 217 Å². The summed E-state index contributed by atoms with van der Waals surface area (Å²) < 4.78 is 6.01. The summed E-state index contributed by atoms with van der Waals surface area (Å²) in [7, 11) is 0. The molecule has 6 rings (SSSR count). The van der Waals surface area contributed by atoms with Crippen molar-refractivity contribution in [2.24, 2.45) is 4.99 Å². The van der Waals surface area contributed by atoms with E-state index in [1.54, 1.807) is 18.2 Å². The standard InChI is InChI=1S/C28H23N2O2S.Pt/c1-28(2)21-11-4-3-7-18(21)16-23-26(28)30-27(33-23)19-9-5-10-20(15-19)32-24-14-13-17-8-6-12-22(31)25(17)29-24;/h3-14,23,26,31H,16H2,1-2H3;/q-1;/t23-,26-;/m1./s1. The molecule has 2 heterocycles. The van der Waals surface area contributed by atoms with E-state index < -0.39 is 0 Å². The molecule has 4 nitrogen and oxygen atoms in total. The van der Waals surface area contributed by atoms with Crippen LogP contribution in [0, 0.1) is 6.07 Å². The van der Waals surface area contributed by atoms with E-state index in [-0.39, 0.29) is 38.3 Å². The molecule has 3 aromatic carbocycles. The minimum Gasteiger partial charge on any atom is -0.506 e. The SMILES string of the molecule is CC1(C)c2ccccc2C[C@H]2SC(c3[c-]c(Oc4ccc5cccc(O)c5n4)ccc3)=N[C@H]21.[Pt]. The van der Waals surface area contributed by atoms with Crippen molar-refractivity contribution in [3.05, 3.63) is 95.6 Å². The number of thioether (sulfide) groups is 1. The third-order valence-corrected chi connectivity index (χ3v) is 7.91.